The molecule has 206 valence electrons. The summed E-state index contributed by atoms with van der Waals surface area (Å²) in [5.74, 6) is -0.724. The summed E-state index contributed by atoms with van der Waals surface area (Å²) in [4.78, 5) is 28.8. The van der Waals surface area contributed by atoms with Gasteiger partial charge in [-0.25, -0.2) is 8.42 Å². The second-order valence-corrected chi connectivity index (χ2v) is 13.3. The number of amides is 2. The van der Waals surface area contributed by atoms with Gasteiger partial charge in [-0.15, -0.1) is 0 Å². The van der Waals surface area contributed by atoms with E-state index in [-0.39, 0.29) is 23.4 Å². The molecule has 2 amide bonds. The van der Waals surface area contributed by atoms with Gasteiger partial charge in [-0.2, -0.15) is 0 Å². The van der Waals surface area contributed by atoms with E-state index in [9.17, 15) is 18.0 Å². The first-order valence-electron chi connectivity index (χ1n) is 12.8. The van der Waals surface area contributed by atoms with Crippen LogP contribution in [0.3, 0.4) is 0 Å². The number of hydrogen-bond donors (Lipinski definition) is 1. The van der Waals surface area contributed by atoms with Crippen molar-refractivity contribution in [3.05, 3.63) is 93.4 Å². The minimum atomic E-state index is -4.08. The van der Waals surface area contributed by atoms with Crippen LogP contribution in [0.2, 0.25) is 0 Å². The zero-order valence-electron chi connectivity index (χ0n) is 21.6. The lowest BCUT2D eigenvalue weighted by Crippen LogP contribution is -2.52. The molecule has 4 rings (SSSR count). The Kier molecular flexibility index (Phi) is 9.85. The van der Waals surface area contributed by atoms with Crippen LogP contribution in [0.25, 0.3) is 0 Å². The molecule has 3 aromatic carbocycles. The van der Waals surface area contributed by atoms with Gasteiger partial charge in [0.1, 0.15) is 12.6 Å². The van der Waals surface area contributed by atoms with Crippen molar-refractivity contribution in [1.29, 1.82) is 0 Å². The van der Waals surface area contributed by atoms with Crippen LogP contribution >= 0.6 is 31.9 Å². The SMILES string of the molecule is C[C@@H](C(=O)NC1CCCC1)N(Cc1cccc(Br)c1)C(=O)CN(c1ccc(Br)cc1)S(=O)(=O)c1ccccc1. The monoisotopic (exact) mass is 675 g/mol. The molecule has 0 spiro atoms. The second kappa shape index (κ2) is 13.1. The molecule has 0 aliphatic heterocycles. The third-order valence-corrected chi connectivity index (χ3v) is 9.65. The van der Waals surface area contributed by atoms with Crippen molar-refractivity contribution >= 4 is 59.4 Å². The summed E-state index contributed by atoms with van der Waals surface area (Å²) in [5.41, 5.74) is 1.17. The highest BCUT2D eigenvalue weighted by molar-refractivity contribution is 9.10. The van der Waals surface area contributed by atoms with Crippen molar-refractivity contribution in [2.75, 3.05) is 10.8 Å². The van der Waals surface area contributed by atoms with E-state index < -0.39 is 28.5 Å². The topological polar surface area (TPSA) is 86.8 Å². The van der Waals surface area contributed by atoms with Crippen LogP contribution in [0.1, 0.15) is 38.2 Å². The molecule has 0 radical (unpaired) electrons. The molecule has 0 bridgehead atoms. The molecule has 0 heterocycles. The third-order valence-electron chi connectivity index (χ3n) is 6.84. The fraction of sp³-hybridized carbons (Fsp3) is 0.310. The van der Waals surface area contributed by atoms with Crippen LogP contribution in [0.5, 0.6) is 0 Å². The first kappa shape index (κ1) is 29.3. The van der Waals surface area contributed by atoms with Crippen LogP contribution < -0.4 is 9.62 Å². The Hall–Kier alpha value is -2.69. The summed E-state index contributed by atoms with van der Waals surface area (Å²) in [6, 6.07) is 21.6. The molecule has 3 aromatic rings. The molecule has 1 saturated carbocycles. The zero-order chi connectivity index (χ0) is 28.0. The summed E-state index contributed by atoms with van der Waals surface area (Å²) >= 11 is 6.85. The smallest absolute Gasteiger partial charge is 0.264 e. The van der Waals surface area contributed by atoms with E-state index in [0.29, 0.717) is 5.69 Å². The summed E-state index contributed by atoms with van der Waals surface area (Å²) in [7, 11) is -4.08. The molecular weight excluding hydrogens is 646 g/mol. The maximum absolute atomic E-state index is 14.0. The first-order valence-corrected chi connectivity index (χ1v) is 15.9. The summed E-state index contributed by atoms with van der Waals surface area (Å²) in [6.07, 6.45) is 3.98. The maximum Gasteiger partial charge on any atom is 0.264 e. The van der Waals surface area contributed by atoms with Crippen LogP contribution in [0.4, 0.5) is 5.69 Å². The van der Waals surface area contributed by atoms with Crippen LogP contribution in [0.15, 0.2) is 92.7 Å². The lowest BCUT2D eigenvalue weighted by atomic mass is 10.1. The summed E-state index contributed by atoms with van der Waals surface area (Å²) in [6.45, 7) is 1.38. The largest absolute Gasteiger partial charge is 0.352 e. The Labute approximate surface area is 246 Å². The van der Waals surface area contributed by atoms with Crippen molar-refractivity contribution in [2.24, 2.45) is 0 Å². The number of anilines is 1. The predicted molar refractivity (Wildman–Crippen MR) is 160 cm³/mol. The van der Waals surface area contributed by atoms with E-state index in [4.69, 9.17) is 0 Å². The maximum atomic E-state index is 14.0. The first-order chi connectivity index (χ1) is 18.6. The number of hydrogen-bond acceptors (Lipinski definition) is 4. The highest BCUT2D eigenvalue weighted by atomic mass is 79.9. The number of sulfonamides is 1. The van der Waals surface area contributed by atoms with Crippen molar-refractivity contribution in [3.63, 3.8) is 0 Å². The van der Waals surface area contributed by atoms with Gasteiger partial charge in [-0.1, -0.05) is 75.0 Å². The molecule has 10 heteroatoms. The molecular formula is C29H31Br2N3O4S. The van der Waals surface area contributed by atoms with E-state index in [1.165, 1.54) is 17.0 Å². The lowest BCUT2D eigenvalue weighted by Gasteiger charge is -2.32. The van der Waals surface area contributed by atoms with E-state index in [1.807, 2.05) is 24.3 Å². The Morgan fingerprint density at radius 2 is 1.59 bits per heavy atom. The number of carbonyl (C=O) groups is 2. The molecule has 39 heavy (non-hydrogen) atoms. The van der Waals surface area contributed by atoms with Gasteiger partial charge in [-0.05, 0) is 73.9 Å². The molecule has 1 atom stereocenters. The Bertz CT molecular complexity index is 1400. The Morgan fingerprint density at radius 1 is 0.923 bits per heavy atom. The van der Waals surface area contributed by atoms with Gasteiger partial charge in [-0.3, -0.25) is 13.9 Å². The molecule has 1 aliphatic carbocycles. The van der Waals surface area contributed by atoms with Crippen LogP contribution in [0, 0.1) is 0 Å². The Balaban J connectivity index is 1.67. The molecule has 7 nitrogen and oxygen atoms in total. The van der Waals surface area contributed by atoms with Crippen molar-refractivity contribution in [2.45, 2.75) is 56.1 Å². The molecule has 1 aliphatic rings. The van der Waals surface area contributed by atoms with E-state index in [2.05, 4.69) is 37.2 Å². The number of nitrogens with one attached hydrogen (secondary N) is 1. The molecule has 0 saturated heterocycles. The highest BCUT2D eigenvalue weighted by Gasteiger charge is 2.33. The van der Waals surface area contributed by atoms with E-state index >= 15 is 0 Å². The highest BCUT2D eigenvalue weighted by Crippen LogP contribution is 2.26. The zero-order valence-corrected chi connectivity index (χ0v) is 25.6. The normalized spacial score (nSPS) is 14.5. The quantitative estimate of drug-likeness (QED) is 0.291. The van der Waals surface area contributed by atoms with Crippen LogP contribution in [-0.4, -0.2) is 43.8 Å². The molecule has 1 fully saturated rings. The molecule has 0 aromatic heterocycles. The van der Waals surface area contributed by atoms with E-state index in [1.54, 1.807) is 49.4 Å². The van der Waals surface area contributed by atoms with E-state index in [0.717, 1.165) is 44.5 Å². The summed E-state index contributed by atoms with van der Waals surface area (Å²) < 4.78 is 30.3. The lowest BCUT2D eigenvalue weighted by molar-refractivity contribution is -0.139. The minimum Gasteiger partial charge on any atom is -0.352 e. The fourth-order valence-corrected chi connectivity index (χ4v) is 6.81. The molecule has 1 N–H and O–H groups in total. The van der Waals surface area contributed by atoms with Crippen molar-refractivity contribution in [1.82, 2.24) is 10.2 Å². The summed E-state index contributed by atoms with van der Waals surface area (Å²) in [5, 5.41) is 3.08. The molecule has 0 unspecified atom stereocenters. The van der Waals surface area contributed by atoms with Gasteiger partial charge < -0.3 is 10.2 Å². The average Bonchev–Trinajstić information content (AvgIpc) is 3.44. The fourth-order valence-electron chi connectivity index (χ4n) is 4.66. The van der Waals surface area contributed by atoms with Gasteiger partial charge in [0.05, 0.1) is 10.6 Å². The minimum absolute atomic E-state index is 0.0753. The van der Waals surface area contributed by atoms with Crippen LogP contribution in [-0.2, 0) is 26.2 Å². The second-order valence-electron chi connectivity index (χ2n) is 9.62. The van der Waals surface area contributed by atoms with Crippen molar-refractivity contribution in [3.8, 4) is 0 Å². The van der Waals surface area contributed by atoms with Gasteiger partial charge in [0.25, 0.3) is 10.0 Å². The van der Waals surface area contributed by atoms with Gasteiger partial charge in [0, 0.05) is 21.5 Å². The number of benzene rings is 3. The van der Waals surface area contributed by atoms with Crippen molar-refractivity contribution < 1.29 is 18.0 Å². The Morgan fingerprint density at radius 3 is 2.23 bits per heavy atom. The number of carbonyl (C=O) groups excluding carboxylic acids is 2. The van der Waals surface area contributed by atoms with Gasteiger partial charge in [0.15, 0.2) is 0 Å². The number of rotatable bonds is 10. The van der Waals surface area contributed by atoms with Gasteiger partial charge in [0.2, 0.25) is 11.8 Å². The standard InChI is InChI=1S/C29H31Br2N3O4S/c1-21(29(36)32-25-10-5-6-11-25)33(19-22-8-7-9-24(31)18-22)28(35)20-34(26-16-14-23(30)15-17-26)39(37,38)27-12-3-2-4-13-27/h2-4,7-9,12-18,21,25H,5-6,10-11,19-20H2,1H3,(H,32,36)/t21-/m0/s1. The average molecular weight is 677 g/mol. The number of nitrogens with zero attached hydrogens (tertiary/aromatic N) is 2. The number of halogens is 2. The van der Waals surface area contributed by atoms with Gasteiger partial charge >= 0.3 is 0 Å². The predicted octanol–water partition coefficient (Wildman–Crippen LogP) is 5.88. The third kappa shape index (κ3) is 7.49.